The van der Waals surface area contributed by atoms with E-state index in [4.69, 9.17) is 16.7 Å². The van der Waals surface area contributed by atoms with Gasteiger partial charge in [0.15, 0.2) is 5.78 Å². The molecule has 1 aromatic heterocycles. The fraction of sp³-hybridized carbons (Fsp3) is 0.176. The minimum absolute atomic E-state index is 0. The third kappa shape index (κ3) is 3.95. The lowest BCUT2D eigenvalue weighted by Gasteiger charge is -2.09. The van der Waals surface area contributed by atoms with Crippen LogP contribution >= 0.6 is 11.6 Å². The van der Waals surface area contributed by atoms with Gasteiger partial charge in [-0.1, -0.05) is 23.7 Å². The van der Waals surface area contributed by atoms with Crippen molar-refractivity contribution in [1.29, 1.82) is 0 Å². The Morgan fingerprint density at radius 1 is 1.17 bits per heavy atom. The number of imidazole rings is 1. The van der Waals surface area contributed by atoms with E-state index in [2.05, 4.69) is 10.3 Å². The third-order valence-electron chi connectivity index (χ3n) is 3.52. The van der Waals surface area contributed by atoms with Crippen molar-refractivity contribution in [2.45, 2.75) is 6.54 Å². The molecule has 3 aromatic rings. The lowest BCUT2D eigenvalue weighted by Crippen LogP contribution is -3.00. The van der Waals surface area contributed by atoms with E-state index < -0.39 is 0 Å². The van der Waals surface area contributed by atoms with Crippen molar-refractivity contribution in [2.75, 3.05) is 18.5 Å². The van der Waals surface area contributed by atoms with Crippen LogP contribution in [0.5, 0.6) is 0 Å². The topological polar surface area (TPSA) is 67.2 Å². The summed E-state index contributed by atoms with van der Waals surface area (Å²) in [5.41, 5.74) is 2.27. The van der Waals surface area contributed by atoms with Gasteiger partial charge in [-0.25, -0.2) is 4.98 Å². The van der Waals surface area contributed by atoms with Gasteiger partial charge < -0.3 is 32.0 Å². The van der Waals surface area contributed by atoms with Gasteiger partial charge in [0.05, 0.1) is 24.2 Å². The number of ketones is 1. The number of nitrogens with zero attached hydrogens (tertiary/aromatic N) is 2. The van der Waals surface area contributed by atoms with Gasteiger partial charge in [0.25, 0.3) is 0 Å². The first-order valence-electron chi connectivity index (χ1n) is 7.28. The summed E-state index contributed by atoms with van der Waals surface area (Å²) >= 11 is 5.86. The minimum atomic E-state index is -0.0307. The quantitative estimate of drug-likeness (QED) is 0.562. The van der Waals surface area contributed by atoms with Gasteiger partial charge in [-0.05, 0) is 36.4 Å². The van der Waals surface area contributed by atoms with Crippen LogP contribution in [0.1, 0.15) is 10.4 Å². The maximum Gasteiger partial charge on any atom is 0.204 e. The second kappa shape index (κ2) is 8.28. The number of aliphatic hydroxyl groups excluding tert-OH is 1. The first-order chi connectivity index (χ1) is 11.2. The maximum atomic E-state index is 12.5. The molecule has 24 heavy (non-hydrogen) atoms. The molecular formula is C17H16BrClN3O2-. The second-order valence-corrected chi connectivity index (χ2v) is 5.53. The average Bonchev–Trinajstić information content (AvgIpc) is 2.91. The van der Waals surface area contributed by atoms with Crippen LogP contribution in [0.4, 0.5) is 5.95 Å². The first kappa shape index (κ1) is 18.4. The molecule has 126 valence electrons. The standard InChI is InChI=1S/C17H16ClN3O2.BrH/c18-13-7-5-12(6-8-13)16(23)11-21-15-4-2-1-3-14(15)20-17(21)19-9-10-22;/h1-8,22H,9-11H2,(H,19,20);1H/p-1. The molecule has 3 rings (SSSR count). The molecule has 1 heterocycles. The lowest BCUT2D eigenvalue weighted by atomic mass is 10.1. The number of carbonyl (C=O) groups is 1. The van der Waals surface area contributed by atoms with Gasteiger partial charge in [0, 0.05) is 17.1 Å². The smallest absolute Gasteiger partial charge is 0.204 e. The fourth-order valence-electron chi connectivity index (χ4n) is 2.41. The lowest BCUT2D eigenvalue weighted by molar-refractivity contribution is -0.0000135. The van der Waals surface area contributed by atoms with E-state index in [-0.39, 0.29) is 35.9 Å². The number of aromatic nitrogens is 2. The van der Waals surface area contributed by atoms with Crippen LogP contribution in [0.2, 0.25) is 5.02 Å². The van der Waals surface area contributed by atoms with Crippen LogP contribution < -0.4 is 22.3 Å². The number of benzene rings is 2. The van der Waals surface area contributed by atoms with Crippen molar-refractivity contribution < 1.29 is 26.9 Å². The summed E-state index contributed by atoms with van der Waals surface area (Å²) in [6, 6.07) is 14.4. The number of halogens is 2. The van der Waals surface area contributed by atoms with Crippen molar-refractivity contribution >= 4 is 34.4 Å². The summed E-state index contributed by atoms with van der Waals surface area (Å²) in [6.45, 7) is 0.530. The Bertz CT molecular complexity index is 833. The van der Waals surface area contributed by atoms with E-state index in [1.54, 1.807) is 24.3 Å². The molecule has 0 spiro atoms. The van der Waals surface area contributed by atoms with E-state index in [0.717, 1.165) is 11.0 Å². The predicted molar refractivity (Wildman–Crippen MR) is 91.1 cm³/mol. The molecule has 5 nitrogen and oxygen atoms in total. The SMILES string of the molecule is O=C(Cn1c(NCCO)nc2ccccc21)c1ccc(Cl)cc1.[Br-]. The third-order valence-corrected chi connectivity index (χ3v) is 3.77. The molecule has 0 fully saturated rings. The summed E-state index contributed by atoms with van der Waals surface area (Å²) in [5.74, 6) is 0.541. The zero-order chi connectivity index (χ0) is 16.2. The number of hydrogen-bond donors (Lipinski definition) is 2. The molecule has 0 bridgehead atoms. The molecule has 0 aliphatic rings. The highest BCUT2D eigenvalue weighted by molar-refractivity contribution is 6.30. The molecule has 0 saturated heterocycles. The molecule has 0 amide bonds. The number of aliphatic hydroxyl groups is 1. The predicted octanol–water partition coefficient (Wildman–Crippen LogP) is -0.0192. The molecule has 0 unspecified atom stereocenters. The molecule has 0 radical (unpaired) electrons. The Balaban J connectivity index is 0.00000208. The van der Waals surface area contributed by atoms with Crippen LogP contribution in [0.3, 0.4) is 0 Å². The Hall–Kier alpha value is -1.89. The van der Waals surface area contributed by atoms with Crippen molar-refractivity contribution in [3.05, 3.63) is 59.1 Å². The molecule has 0 saturated carbocycles. The van der Waals surface area contributed by atoms with Crippen molar-refractivity contribution in [2.24, 2.45) is 0 Å². The Labute approximate surface area is 155 Å². The van der Waals surface area contributed by atoms with Gasteiger partial charge in [-0.3, -0.25) is 4.79 Å². The molecular weight excluding hydrogens is 394 g/mol. The van der Waals surface area contributed by atoms with Crippen LogP contribution in [0.15, 0.2) is 48.5 Å². The zero-order valence-electron chi connectivity index (χ0n) is 12.7. The molecule has 0 atom stereocenters. The average molecular weight is 410 g/mol. The molecule has 0 aliphatic carbocycles. The summed E-state index contributed by atoms with van der Waals surface area (Å²) in [6.07, 6.45) is 0. The summed E-state index contributed by atoms with van der Waals surface area (Å²) < 4.78 is 1.82. The number of rotatable bonds is 6. The zero-order valence-corrected chi connectivity index (χ0v) is 15.1. The van der Waals surface area contributed by atoms with Crippen molar-refractivity contribution in [1.82, 2.24) is 9.55 Å². The first-order valence-corrected chi connectivity index (χ1v) is 7.65. The monoisotopic (exact) mass is 408 g/mol. The maximum absolute atomic E-state index is 12.5. The summed E-state index contributed by atoms with van der Waals surface area (Å²) in [7, 11) is 0. The van der Waals surface area contributed by atoms with Gasteiger partial charge in [0.1, 0.15) is 0 Å². The fourth-order valence-corrected chi connectivity index (χ4v) is 2.53. The largest absolute Gasteiger partial charge is 1.00 e. The van der Waals surface area contributed by atoms with E-state index in [9.17, 15) is 4.79 Å². The minimum Gasteiger partial charge on any atom is -1.00 e. The summed E-state index contributed by atoms with van der Waals surface area (Å²) in [4.78, 5) is 17.0. The molecule has 0 aliphatic heterocycles. The van der Waals surface area contributed by atoms with Crippen LogP contribution in [0.25, 0.3) is 11.0 Å². The van der Waals surface area contributed by atoms with E-state index >= 15 is 0 Å². The van der Waals surface area contributed by atoms with Crippen molar-refractivity contribution in [3.8, 4) is 0 Å². The van der Waals surface area contributed by atoms with Gasteiger partial charge in [-0.15, -0.1) is 0 Å². The Morgan fingerprint density at radius 3 is 2.58 bits per heavy atom. The molecule has 7 heteroatoms. The Morgan fingerprint density at radius 2 is 1.88 bits per heavy atom. The second-order valence-electron chi connectivity index (χ2n) is 5.09. The summed E-state index contributed by atoms with van der Waals surface area (Å²) in [5, 5.41) is 12.6. The normalized spacial score (nSPS) is 10.4. The van der Waals surface area contributed by atoms with Crippen LogP contribution in [0, 0.1) is 0 Å². The number of carbonyl (C=O) groups excluding carboxylic acids is 1. The number of para-hydroxylation sites is 2. The van der Waals surface area contributed by atoms with Crippen molar-refractivity contribution in [3.63, 3.8) is 0 Å². The molecule has 2 N–H and O–H groups in total. The highest BCUT2D eigenvalue weighted by atomic mass is 79.9. The van der Waals surface area contributed by atoms with E-state index in [1.165, 1.54) is 0 Å². The molecule has 2 aromatic carbocycles. The number of hydrogen-bond acceptors (Lipinski definition) is 4. The van der Waals surface area contributed by atoms with Gasteiger partial charge in [-0.2, -0.15) is 0 Å². The number of anilines is 1. The van der Waals surface area contributed by atoms with E-state index in [1.807, 2.05) is 28.8 Å². The number of Topliss-reactive ketones (excluding diaryl/α,β-unsaturated/α-hetero) is 1. The van der Waals surface area contributed by atoms with Gasteiger partial charge in [0.2, 0.25) is 5.95 Å². The Kier molecular flexibility index (Phi) is 6.36. The van der Waals surface area contributed by atoms with Crippen LogP contribution in [-0.2, 0) is 6.54 Å². The highest BCUT2D eigenvalue weighted by Gasteiger charge is 2.14. The number of nitrogens with one attached hydrogen (secondary N) is 1. The number of fused-ring (bicyclic) bond motifs is 1. The van der Waals surface area contributed by atoms with Gasteiger partial charge >= 0.3 is 0 Å². The van der Waals surface area contributed by atoms with E-state index in [0.29, 0.717) is 23.1 Å². The van der Waals surface area contributed by atoms with Crippen LogP contribution in [-0.4, -0.2) is 33.6 Å². The highest BCUT2D eigenvalue weighted by Crippen LogP contribution is 2.20.